The van der Waals surface area contributed by atoms with Gasteiger partial charge in [-0.25, -0.2) is 0 Å². The second kappa shape index (κ2) is 10.0. The third kappa shape index (κ3) is 6.22. The molecule has 1 unspecified atom stereocenters. The van der Waals surface area contributed by atoms with E-state index in [0.717, 1.165) is 38.7 Å². The SMILES string of the molecule is O=C(O)CC/C=C\CC[C@H]1[C@@H](OC2CCCCO2)CO[C@@H]1CO. The summed E-state index contributed by atoms with van der Waals surface area (Å²) in [4.78, 5) is 10.4. The second-order valence-electron chi connectivity index (χ2n) is 6.17. The third-order valence-electron chi connectivity index (χ3n) is 4.43. The number of aliphatic hydroxyl groups excluding tert-OH is 1. The van der Waals surface area contributed by atoms with Crippen LogP contribution >= 0.6 is 0 Å². The Morgan fingerprint density at radius 3 is 2.74 bits per heavy atom. The van der Waals surface area contributed by atoms with Crippen LogP contribution in [0.1, 0.15) is 44.9 Å². The van der Waals surface area contributed by atoms with Gasteiger partial charge in [0, 0.05) is 18.9 Å². The molecular formula is C17H28O6. The molecule has 2 heterocycles. The highest BCUT2D eigenvalue weighted by Gasteiger charge is 2.38. The van der Waals surface area contributed by atoms with Gasteiger partial charge in [-0.1, -0.05) is 12.2 Å². The maximum atomic E-state index is 10.4. The maximum absolute atomic E-state index is 10.4. The van der Waals surface area contributed by atoms with Crippen LogP contribution in [0, 0.1) is 5.92 Å². The van der Waals surface area contributed by atoms with E-state index in [4.69, 9.17) is 19.3 Å². The molecule has 2 saturated heterocycles. The van der Waals surface area contributed by atoms with Gasteiger partial charge in [0.25, 0.3) is 0 Å². The molecule has 0 aromatic rings. The van der Waals surface area contributed by atoms with Crippen LogP contribution in [0.4, 0.5) is 0 Å². The molecule has 132 valence electrons. The maximum Gasteiger partial charge on any atom is 0.303 e. The standard InChI is InChI=1S/C17H28O6/c18-11-14-13(7-3-1-2-4-8-16(19)20)15(12-22-14)23-17-9-5-6-10-21-17/h1-2,13-15,17-18H,3-12H2,(H,19,20)/b2-1-/t13-,14-,15+,17?/m1/s1. The first-order valence-electron chi connectivity index (χ1n) is 8.57. The van der Waals surface area contributed by atoms with Crippen LogP contribution in [0.3, 0.4) is 0 Å². The molecule has 4 atom stereocenters. The second-order valence-corrected chi connectivity index (χ2v) is 6.17. The largest absolute Gasteiger partial charge is 0.481 e. The summed E-state index contributed by atoms with van der Waals surface area (Å²) in [6.07, 6.45) is 9.06. The van der Waals surface area contributed by atoms with Crippen molar-refractivity contribution >= 4 is 5.97 Å². The molecule has 0 bridgehead atoms. The first kappa shape index (κ1) is 18.4. The summed E-state index contributed by atoms with van der Waals surface area (Å²) >= 11 is 0. The number of rotatable bonds is 9. The van der Waals surface area contributed by atoms with E-state index >= 15 is 0 Å². The van der Waals surface area contributed by atoms with Gasteiger partial charge in [0.2, 0.25) is 0 Å². The van der Waals surface area contributed by atoms with Gasteiger partial charge in [-0.3, -0.25) is 4.79 Å². The fourth-order valence-corrected chi connectivity index (χ4v) is 3.15. The Morgan fingerprint density at radius 1 is 1.22 bits per heavy atom. The van der Waals surface area contributed by atoms with E-state index in [9.17, 15) is 9.90 Å². The van der Waals surface area contributed by atoms with Crippen LogP contribution in [0.5, 0.6) is 0 Å². The fourth-order valence-electron chi connectivity index (χ4n) is 3.15. The Labute approximate surface area is 137 Å². The first-order chi connectivity index (χ1) is 11.2. The van der Waals surface area contributed by atoms with Gasteiger partial charge >= 0.3 is 5.97 Å². The van der Waals surface area contributed by atoms with Crippen molar-refractivity contribution in [3.05, 3.63) is 12.2 Å². The number of carbonyl (C=O) groups is 1. The van der Waals surface area contributed by atoms with Gasteiger partial charge in [0.05, 0.1) is 25.4 Å². The zero-order valence-electron chi connectivity index (χ0n) is 13.6. The number of hydrogen-bond acceptors (Lipinski definition) is 5. The van der Waals surface area contributed by atoms with Gasteiger partial charge in [-0.05, 0) is 38.5 Å². The Kier molecular flexibility index (Phi) is 8.02. The van der Waals surface area contributed by atoms with Crippen molar-refractivity contribution in [1.82, 2.24) is 0 Å². The molecular weight excluding hydrogens is 300 g/mol. The number of hydrogen-bond donors (Lipinski definition) is 2. The molecule has 6 heteroatoms. The van der Waals surface area contributed by atoms with Gasteiger partial charge in [-0.2, -0.15) is 0 Å². The normalized spacial score (nSPS) is 31.7. The molecule has 0 aliphatic carbocycles. The number of carboxylic acid groups (broad SMARTS) is 1. The molecule has 0 saturated carbocycles. The molecule has 0 aromatic carbocycles. The van der Waals surface area contributed by atoms with E-state index in [1.807, 2.05) is 12.2 Å². The van der Waals surface area contributed by atoms with Crippen LogP contribution < -0.4 is 0 Å². The van der Waals surface area contributed by atoms with Crippen molar-refractivity contribution < 1.29 is 29.2 Å². The number of ether oxygens (including phenoxy) is 3. The summed E-state index contributed by atoms with van der Waals surface area (Å²) in [6.45, 7) is 1.25. The van der Waals surface area contributed by atoms with Crippen molar-refractivity contribution in [2.24, 2.45) is 5.92 Å². The number of aliphatic hydroxyl groups is 1. The molecule has 0 aromatic heterocycles. The minimum Gasteiger partial charge on any atom is -0.481 e. The average molecular weight is 328 g/mol. The van der Waals surface area contributed by atoms with Crippen LogP contribution in [0.15, 0.2) is 12.2 Å². The summed E-state index contributed by atoms with van der Waals surface area (Å²) in [5.74, 6) is -0.630. The summed E-state index contributed by atoms with van der Waals surface area (Å²) in [7, 11) is 0. The molecule has 2 rings (SSSR count). The molecule has 2 N–H and O–H groups in total. The zero-order valence-corrected chi connectivity index (χ0v) is 13.6. The molecule has 2 aliphatic rings. The van der Waals surface area contributed by atoms with Crippen LogP contribution in [-0.2, 0) is 19.0 Å². The lowest BCUT2D eigenvalue weighted by molar-refractivity contribution is -0.194. The Balaban J connectivity index is 1.76. The van der Waals surface area contributed by atoms with E-state index in [2.05, 4.69) is 0 Å². The summed E-state index contributed by atoms with van der Waals surface area (Å²) in [5, 5.41) is 18.1. The summed E-state index contributed by atoms with van der Waals surface area (Å²) < 4.78 is 17.3. The van der Waals surface area contributed by atoms with E-state index in [0.29, 0.717) is 13.0 Å². The average Bonchev–Trinajstić information content (AvgIpc) is 2.93. The van der Waals surface area contributed by atoms with Crippen molar-refractivity contribution in [3.8, 4) is 0 Å². The predicted octanol–water partition coefficient (Wildman–Crippen LogP) is 2.11. The third-order valence-corrected chi connectivity index (χ3v) is 4.43. The quantitative estimate of drug-likeness (QED) is 0.631. The first-order valence-corrected chi connectivity index (χ1v) is 8.57. The molecule has 0 amide bonds. The monoisotopic (exact) mass is 328 g/mol. The molecule has 23 heavy (non-hydrogen) atoms. The van der Waals surface area contributed by atoms with E-state index in [1.165, 1.54) is 0 Å². The van der Waals surface area contributed by atoms with Crippen LogP contribution in [-0.4, -0.2) is 54.5 Å². The number of carboxylic acids is 1. The lowest BCUT2D eigenvalue weighted by Gasteiger charge is -2.28. The lowest BCUT2D eigenvalue weighted by atomic mass is 9.93. The van der Waals surface area contributed by atoms with Gasteiger partial charge in [0.1, 0.15) is 0 Å². The van der Waals surface area contributed by atoms with E-state index < -0.39 is 5.97 Å². The number of allylic oxidation sites excluding steroid dienone is 2. The van der Waals surface area contributed by atoms with Gasteiger partial charge < -0.3 is 24.4 Å². The predicted molar refractivity (Wildman–Crippen MR) is 84.0 cm³/mol. The smallest absolute Gasteiger partial charge is 0.303 e. The van der Waals surface area contributed by atoms with Crippen molar-refractivity contribution in [2.75, 3.05) is 19.8 Å². The van der Waals surface area contributed by atoms with Gasteiger partial charge in [0.15, 0.2) is 6.29 Å². The highest BCUT2D eigenvalue weighted by atomic mass is 16.7. The molecule has 2 aliphatic heterocycles. The van der Waals surface area contributed by atoms with Crippen molar-refractivity contribution in [3.63, 3.8) is 0 Å². The van der Waals surface area contributed by atoms with Crippen molar-refractivity contribution in [1.29, 1.82) is 0 Å². The highest BCUT2D eigenvalue weighted by molar-refractivity contribution is 5.66. The van der Waals surface area contributed by atoms with E-state index in [-0.39, 0.29) is 37.4 Å². The van der Waals surface area contributed by atoms with Crippen LogP contribution in [0.25, 0.3) is 0 Å². The molecule has 0 radical (unpaired) electrons. The van der Waals surface area contributed by atoms with Crippen LogP contribution in [0.2, 0.25) is 0 Å². The minimum absolute atomic E-state index is 0.00121. The molecule has 0 spiro atoms. The van der Waals surface area contributed by atoms with Gasteiger partial charge in [-0.15, -0.1) is 0 Å². The highest BCUT2D eigenvalue weighted by Crippen LogP contribution is 2.30. The number of aliphatic carboxylic acids is 1. The zero-order chi connectivity index (χ0) is 16.5. The Morgan fingerprint density at radius 2 is 2.04 bits per heavy atom. The van der Waals surface area contributed by atoms with E-state index in [1.54, 1.807) is 0 Å². The Bertz CT molecular complexity index is 377. The molecule has 6 nitrogen and oxygen atoms in total. The molecule has 2 fully saturated rings. The fraction of sp³-hybridized carbons (Fsp3) is 0.824. The summed E-state index contributed by atoms with van der Waals surface area (Å²) in [6, 6.07) is 0. The summed E-state index contributed by atoms with van der Waals surface area (Å²) in [5.41, 5.74) is 0. The minimum atomic E-state index is -0.778. The Hall–Kier alpha value is -0.950. The lowest BCUT2D eigenvalue weighted by Crippen LogP contribution is -2.34. The van der Waals surface area contributed by atoms with Crippen molar-refractivity contribution in [2.45, 2.75) is 63.4 Å². The topological polar surface area (TPSA) is 85.2 Å².